The number of rotatable bonds is 2. The van der Waals surface area contributed by atoms with E-state index in [1.54, 1.807) is 18.2 Å². The van der Waals surface area contributed by atoms with Crippen LogP contribution in [0, 0.1) is 6.92 Å². The Balaban J connectivity index is 1.89. The van der Waals surface area contributed by atoms with E-state index < -0.39 is 0 Å². The third-order valence-corrected chi connectivity index (χ3v) is 4.25. The lowest BCUT2D eigenvalue weighted by atomic mass is 10.1. The number of anilines is 2. The van der Waals surface area contributed by atoms with Crippen LogP contribution in [0.1, 0.15) is 15.9 Å². The standard InChI is InChI=1S/C15H12ClN3OS/c1-8-2-4-10(11(16)6-8)14(20)19-15-18-12-5-3-9(17)7-13(12)21-15/h2-7H,17H2,1H3,(H,18,19,20). The Morgan fingerprint density at radius 1 is 1.29 bits per heavy atom. The van der Waals surface area contributed by atoms with Crippen molar-refractivity contribution >= 4 is 49.9 Å². The van der Waals surface area contributed by atoms with Crippen molar-refractivity contribution in [1.29, 1.82) is 0 Å². The second-order valence-corrected chi connectivity index (χ2v) is 6.12. The molecule has 0 radical (unpaired) electrons. The number of carbonyl (C=O) groups is 1. The van der Waals surface area contributed by atoms with Crippen LogP contribution in [0.3, 0.4) is 0 Å². The van der Waals surface area contributed by atoms with Gasteiger partial charge >= 0.3 is 0 Å². The number of nitrogen functional groups attached to an aromatic ring is 1. The van der Waals surface area contributed by atoms with Gasteiger partial charge in [0.25, 0.3) is 5.91 Å². The number of halogens is 1. The number of hydrogen-bond acceptors (Lipinski definition) is 4. The van der Waals surface area contributed by atoms with Crippen LogP contribution in [0.25, 0.3) is 10.2 Å². The van der Waals surface area contributed by atoms with Gasteiger partial charge in [0.1, 0.15) is 0 Å². The zero-order valence-corrected chi connectivity index (χ0v) is 12.8. The van der Waals surface area contributed by atoms with Crippen molar-refractivity contribution in [3.05, 3.63) is 52.5 Å². The van der Waals surface area contributed by atoms with Gasteiger partial charge in [0.2, 0.25) is 0 Å². The van der Waals surface area contributed by atoms with Gasteiger partial charge in [-0.2, -0.15) is 0 Å². The highest BCUT2D eigenvalue weighted by Gasteiger charge is 2.13. The molecule has 6 heteroatoms. The summed E-state index contributed by atoms with van der Waals surface area (Å²) in [5.41, 5.74) is 8.65. The number of hydrogen-bond donors (Lipinski definition) is 2. The van der Waals surface area contributed by atoms with Gasteiger partial charge in [-0.25, -0.2) is 4.98 Å². The molecular weight excluding hydrogens is 306 g/mol. The fraction of sp³-hybridized carbons (Fsp3) is 0.0667. The number of amides is 1. The highest BCUT2D eigenvalue weighted by Crippen LogP contribution is 2.28. The quantitative estimate of drug-likeness (QED) is 0.699. The molecule has 106 valence electrons. The summed E-state index contributed by atoms with van der Waals surface area (Å²) >= 11 is 7.47. The zero-order valence-electron chi connectivity index (χ0n) is 11.2. The van der Waals surface area contributed by atoms with Crippen LogP contribution in [0.5, 0.6) is 0 Å². The number of benzene rings is 2. The second-order valence-electron chi connectivity index (χ2n) is 4.68. The van der Waals surface area contributed by atoms with E-state index in [1.165, 1.54) is 11.3 Å². The Morgan fingerprint density at radius 3 is 2.86 bits per heavy atom. The maximum absolute atomic E-state index is 12.2. The van der Waals surface area contributed by atoms with E-state index in [-0.39, 0.29) is 5.91 Å². The van der Waals surface area contributed by atoms with Crippen molar-refractivity contribution in [2.75, 3.05) is 11.1 Å². The molecule has 0 atom stereocenters. The van der Waals surface area contributed by atoms with Crippen LogP contribution in [-0.2, 0) is 0 Å². The van der Waals surface area contributed by atoms with Crippen LogP contribution >= 0.6 is 22.9 Å². The maximum Gasteiger partial charge on any atom is 0.258 e. The summed E-state index contributed by atoms with van der Waals surface area (Å²) in [6.45, 7) is 1.92. The predicted molar refractivity (Wildman–Crippen MR) is 88.2 cm³/mol. The minimum atomic E-state index is -0.271. The number of carbonyl (C=O) groups excluding carboxylic acids is 1. The average Bonchev–Trinajstić information content (AvgIpc) is 2.79. The van der Waals surface area contributed by atoms with Gasteiger partial charge in [0.05, 0.1) is 20.8 Å². The van der Waals surface area contributed by atoms with Crippen molar-refractivity contribution in [2.45, 2.75) is 6.92 Å². The summed E-state index contributed by atoms with van der Waals surface area (Å²) in [5, 5.41) is 3.72. The van der Waals surface area contributed by atoms with Crippen LogP contribution < -0.4 is 11.1 Å². The summed E-state index contributed by atoms with van der Waals surface area (Å²) in [7, 11) is 0. The number of nitrogens with two attached hydrogens (primary N) is 1. The van der Waals surface area contributed by atoms with Crippen molar-refractivity contribution in [1.82, 2.24) is 4.98 Å². The summed E-state index contributed by atoms with van der Waals surface area (Å²) < 4.78 is 0.931. The van der Waals surface area contributed by atoms with E-state index in [4.69, 9.17) is 17.3 Å². The molecular formula is C15H12ClN3OS. The molecule has 1 heterocycles. The molecule has 2 aromatic carbocycles. The lowest BCUT2D eigenvalue weighted by Gasteiger charge is -2.04. The first-order valence-corrected chi connectivity index (χ1v) is 7.46. The number of nitrogens with one attached hydrogen (secondary N) is 1. The van der Waals surface area contributed by atoms with E-state index in [0.29, 0.717) is 21.4 Å². The van der Waals surface area contributed by atoms with Crippen LogP contribution in [0.2, 0.25) is 5.02 Å². The maximum atomic E-state index is 12.2. The number of thiazole rings is 1. The molecule has 0 saturated heterocycles. The van der Waals surface area contributed by atoms with Crippen molar-refractivity contribution in [3.8, 4) is 0 Å². The Morgan fingerprint density at radius 2 is 2.10 bits per heavy atom. The normalized spacial score (nSPS) is 10.8. The summed E-state index contributed by atoms with van der Waals surface area (Å²) in [6.07, 6.45) is 0. The van der Waals surface area contributed by atoms with E-state index in [9.17, 15) is 4.79 Å². The van der Waals surface area contributed by atoms with Gasteiger partial charge in [-0.1, -0.05) is 29.0 Å². The first kappa shape index (κ1) is 13.9. The third kappa shape index (κ3) is 2.84. The number of aromatic nitrogens is 1. The molecule has 0 unspecified atom stereocenters. The highest BCUT2D eigenvalue weighted by molar-refractivity contribution is 7.22. The summed E-state index contributed by atoms with van der Waals surface area (Å²) in [6, 6.07) is 10.8. The van der Waals surface area contributed by atoms with Crippen LogP contribution in [0.4, 0.5) is 10.8 Å². The van der Waals surface area contributed by atoms with Crippen LogP contribution in [0.15, 0.2) is 36.4 Å². The molecule has 21 heavy (non-hydrogen) atoms. The zero-order chi connectivity index (χ0) is 15.0. The monoisotopic (exact) mass is 317 g/mol. The number of nitrogens with zero attached hydrogens (tertiary/aromatic N) is 1. The molecule has 0 aliphatic heterocycles. The number of fused-ring (bicyclic) bond motifs is 1. The molecule has 0 aliphatic carbocycles. The van der Waals surface area contributed by atoms with Gasteiger partial charge in [-0.05, 0) is 42.8 Å². The highest BCUT2D eigenvalue weighted by atomic mass is 35.5. The molecule has 3 N–H and O–H groups in total. The van der Waals surface area contributed by atoms with Crippen molar-refractivity contribution in [3.63, 3.8) is 0 Å². The Hall–Kier alpha value is -2.11. The van der Waals surface area contributed by atoms with Gasteiger partial charge in [-0.3, -0.25) is 10.1 Å². The summed E-state index contributed by atoms with van der Waals surface area (Å²) in [5.74, 6) is -0.271. The number of aryl methyl sites for hydroxylation is 1. The van der Waals surface area contributed by atoms with E-state index in [1.807, 2.05) is 25.1 Å². The smallest absolute Gasteiger partial charge is 0.258 e. The Labute approximate surface area is 130 Å². The average molecular weight is 318 g/mol. The first-order valence-electron chi connectivity index (χ1n) is 6.26. The van der Waals surface area contributed by atoms with Gasteiger partial charge in [0.15, 0.2) is 5.13 Å². The van der Waals surface area contributed by atoms with Gasteiger partial charge in [-0.15, -0.1) is 0 Å². The fourth-order valence-corrected chi connectivity index (χ4v) is 3.19. The van der Waals surface area contributed by atoms with E-state index >= 15 is 0 Å². The molecule has 0 aliphatic rings. The Kier molecular flexibility index (Phi) is 3.53. The minimum absolute atomic E-state index is 0.271. The first-order chi connectivity index (χ1) is 10.0. The molecule has 3 aromatic rings. The largest absolute Gasteiger partial charge is 0.399 e. The lowest BCUT2D eigenvalue weighted by molar-refractivity contribution is 0.102. The van der Waals surface area contributed by atoms with E-state index in [0.717, 1.165) is 15.8 Å². The van der Waals surface area contributed by atoms with Gasteiger partial charge < -0.3 is 5.73 Å². The predicted octanol–water partition coefficient (Wildman–Crippen LogP) is 4.09. The molecule has 4 nitrogen and oxygen atoms in total. The Bertz CT molecular complexity index is 844. The molecule has 0 bridgehead atoms. The van der Waals surface area contributed by atoms with Crippen LogP contribution in [-0.4, -0.2) is 10.9 Å². The van der Waals surface area contributed by atoms with E-state index in [2.05, 4.69) is 10.3 Å². The lowest BCUT2D eigenvalue weighted by Crippen LogP contribution is -2.12. The van der Waals surface area contributed by atoms with Gasteiger partial charge in [0, 0.05) is 5.69 Å². The summed E-state index contributed by atoms with van der Waals surface area (Å²) in [4.78, 5) is 16.6. The molecule has 0 fully saturated rings. The third-order valence-electron chi connectivity index (χ3n) is 3.00. The molecule has 3 rings (SSSR count). The second kappa shape index (κ2) is 5.35. The van der Waals surface area contributed by atoms with Crippen molar-refractivity contribution in [2.24, 2.45) is 0 Å². The molecule has 1 aromatic heterocycles. The molecule has 0 saturated carbocycles. The fourth-order valence-electron chi connectivity index (χ4n) is 1.96. The topological polar surface area (TPSA) is 68.0 Å². The molecule has 0 spiro atoms. The minimum Gasteiger partial charge on any atom is -0.399 e. The molecule has 1 amide bonds. The van der Waals surface area contributed by atoms with Crippen molar-refractivity contribution < 1.29 is 4.79 Å². The SMILES string of the molecule is Cc1ccc(C(=O)Nc2nc3ccc(N)cc3s2)c(Cl)c1.